The first kappa shape index (κ1) is 22.3. The van der Waals surface area contributed by atoms with Gasteiger partial charge in [0.15, 0.2) is 0 Å². The zero-order valence-electron chi connectivity index (χ0n) is 14.8. The largest absolute Gasteiger partial charge is 0.530 e. The minimum atomic E-state index is -5.92. The smallest absolute Gasteiger partial charge is 0.430 e. The maximum absolute atomic E-state index is 12.9. The van der Waals surface area contributed by atoms with Crippen molar-refractivity contribution in [3.05, 3.63) is 35.4 Å². The molecule has 0 radical (unpaired) electrons. The number of aliphatic hydroxyl groups is 1. The molecular formula is C17H19F6N2O3-. The van der Waals surface area contributed by atoms with E-state index in [1.807, 2.05) is 4.90 Å². The molecule has 0 saturated carbocycles. The van der Waals surface area contributed by atoms with Crippen LogP contribution in [0, 0.1) is 0 Å². The summed E-state index contributed by atoms with van der Waals surface area (Å²) in [7, 11) is 1.41. The third-order valence-electron chi connectivity index (χ3n) is 4.99. The highest BCUT2D eigenvalue weighted by atomic mass is 19.4. The average molecular weight is 413 g/mol. The highest BCUT2D eigenvalue weighted by Crippen LogP contribution is 2.49. The molecular weight excluding hydrogens is 394 g/mol. The fraction of sp³-hybridized carbons (Fsp3) is 0.588. The number of halogens is 6. The number of likely N-dealkylation sites (tertiary alicyclic amines) is 1. The molecule has 0 aliphatic carbocycles. The van der Waals surface area contributed by atoms with E-state index in [1.54, 1.807) is 0 Å². The number of benzene rings is 1. The fourth-order valence-electron chi connectivity index (χ4n) is 3.21. The van der Waals surface area contributed by atoms with Gasteiger partial charge in [0.1, 0.15) is 6.09 Å². The normalized spacial score (nSPS) is 17.6. The van der Waals surface area contributed by atoms with Crippen LogP contribution in [0.1, 0.15) is 24.0 Å². The maximum Gasteiger partial charge on any atom is 0.430 e. The van der Waals surface area contributed by atoms with Crippen LogP contribution in [0.4, 0.5) is 31.1 Å². The maximum atomic E-state index is 12.9. The monoisotopic (exact) mass is 413 g/mol. The van der Waals surface area contributed by atoms with Crippen LogP contribution in [0.3, 0.4) is 0 Å². The summed E-state index contributed by atoms with van der Waals surface area (Å²) in [6.07, 6.45) is -12.1. The van der Waals surface area contributed by atoms with Crippen LogP contribution in [-0.2, 0) is 12.1 Å². The molecule has 1 N–H and O–H groups in total. The average Bonchev–Trinajstić information content (AvgIpc) is 2.59. The van der Waals surface area contributed by atoms with Crippen LogP contribution in [-0.4, -0.2) is 59.5 Å². The first-order valence-corrected chi connectivity index (χ1v) is 8.38. The molecule has 0 unspecified atom stereocenters. The predicted molar refractivity (Wildman–Crippen MR) is 83.9 cm³/mol. The molecule has 0 bridgehead atoms. The Bertz CT molecular complexity index is 668. The van der Waals surface area contributed by atoms with Gasteiger partial charge in [-0.2, -0.15) is 26.3 Å². The Morgan fingerprint density at radius 1 is 1.11 bits per heavy atom. The molecule has 1 amide bonds. The lowest BCUT2D eigenvalue weighted by molar-refractivity contribution is -0.376. The van der Waals surface area contributed by atoms with E-state index in [2.05, 4.69) is 0 Å². The SMILES string of the molecule is CN(C(=O)[O-])C1CCN(Cc2ccc(C(O)(C(F)(F)F)C(F)(F)F)cc2)CC1. The van der Waals surface area contributed by atoms with Crippen molar-refractivity contribution >= 4 is 6.09 Å². The molecule has 1 saturated heterocycles. The molecule has 5 nitrogen and oxygen atoms in total. The Labute approximate surface area is 157 Å². The molecule has 158 valence electrons. The minimum absolute atomic E-state index is 0.197. The van der Waals surface area contributed by atoms with Gasteiger partial charge >= 0.3 is 12.4 Å². The second-order valence-electron chi connectivity index (χ2n) is 6.79. The van der Waals surface area contributed by atoms with Gasteiger partial charge < -0.3 is 19.9 Å². The number of rotatable bonds is 4. The second kappa shape index (κ2) is 7.78. The Morgan fingerprint density at radius 3 is 1.96 bits per heavy atom. The quantitative estimate of drug-likeness (QED) is 0.769. The molecule has 1 aliphatic rings. The number of hydrogen-bond acceptors (Lipinski definition) is 4. The van der Waals surface area contributed by atoms with Crippen LogP contribution in [0.2, 0.25) is 0 Å². The Balaban J connectivity index is 2.07. The van der Waals surface area contributed by atoms with E-state index in [0.29, 0.717) is 43.6 Å². The van der Waals surface area contributed by atoms with Crippen LogP contribution in [0.25, 0.3) is 0 Å². The van der Waals surface area contributed by atoms with Crippen molar-refractivity contribution < 1.29 is 41.4 Å². The van der Waals surface area contributed by atoms with Crippen molar-refractivity contribution in [3.63, 3.8) is 0 Å². The number of carbonyl (C=O) groups excluding carboxylic acids is 1. The van der Waals surface area contributed by atoms with E-state index in [0.717, 1.165) is 17.0 Å². The molecule has 1 aromatic rings. The number of hydrogen-bond donors (Lipinski definition) is 1. The van der Waals surface area contributed by atoms with Crippen molar-refractivity contribution in [1.29, 1.82) is 0 Å². The number of alkyl halides is 6. The summed E-state index contributed by atoms with van der Waals surface area (Å²) in [6, 6.07) is 3.26. The molecule has 0 aromatic heterocycles. The van der Waals surface area contributed by atoms with Crippen molar-refractivity contribution in [1.82, 2.24) is 9.80 Å². The van der Waals surface area contributed by atoms with E-state index in [4.69, 9.17) is 0 Å². The van der Waals surface area contributed by atoms with Gasteiger partial charge in [-0.1, -0.05) is 24.3 Å². The van der Waals surface area contributed by atoms with E-state index in [-0.39, 0.29) is 12.6 Å². The van der Waals surface area contributed by atoms with Crippen LogP contribution in [0.5, 0.6) is 0 Å². The van der Waals surface area contributed by atoms with Crippen LogP contribution >= 0.6 is 0 Å². The standard InChI is InChI=1S/C17H20F6N2O3/c1-24(14(26)27)13-6-8-25(9-7-13)10-11-2-4-12(5-3-11)15(28,16(18,19)20)17(21,22)23/h2-5,13,28H,6-10H2,1H3,(H,26,27)/p-1. The number of amides is 1. The third-order valence-corrected chi connectivity index (χ3v) is 4.99. The highest BCUT2D eigenvalue weighted by molar-refractivity contribution is 5.62. The Hall–Kier alpha value is -2.01. The van der Waals surface area contributed by atoms with E-state index < -0.39 is 29.6 Å². The molecule has 1 aromatic carbocycles. The van der Waals surface area contributed by atoms with Gasteiger partial charge in [-0.25, -0.2) is 0 Å². The van der Waals surface area contributed by atoms with E-state index >= 15 is 0 Å². The molecule has 2 rings (SSSR count). The zero-order valence-corrected chi connectivity index (χ0v) is 14.8. The second-order valence-corrected chi connectivity index (χ2v) is 6.79. The molecule has 1 fully saturated rings. The van der Waals surface area contributed by atoms with Crippen molar-refractivity contribution in [2.24, 2.45) is 0 Å². The van der Waals surface area contributed by atoms with Crippen molar-refractivity contribution in [2.45, 2.75) is 43.4 Å². The Kier molecular flexibility index (Phi) is 6.19. The van der Waals surface area contributed by atoms with Gasteiger partial charge in [-0.3, -0.25) is 4.90 Å². The summed E-state index contributed by atoms with van der Waals surface area (Å²) in [5.74, 6) is 0. The van der Waals surface area contributed by atoms with Crippen molar-refractivity contribution in [3.8, 4) is 0 Å². The van der Waals surface area contributed by atoms with E-state index in [9.17, 15) is 41.4 Å². The summed E-state index contributed by atoms with van der Waals surface area (Å²) in [5, 5.41) is 20.2. The topological polar surface area (TPSA) is 66.8 Å². The first-order valence-electron chi connectivity index (χ1n) is 8.38. The van der Waals surface area contributed by atoms with Crippen LogP contribution < -0.4 is 5.11 Å². The van der Waals surface area contributed by atoms with Gasteiger partial charge in [0, 0.05) is 38.3 Å². The molecule has 1 aliphatic heterocycles. The fourth-order valence-corrected chi connectivity index (χ4v) is 3.21. The number of carboxylic acid groups (broad SMARTS) is 1. The summed E-state index contributed by atoms with van der Waals surface area (Å²) in [5.41, 5.74) is -5.76. The third kappa shape index (κ3) is 4.35. The Morgan fingerprint density at radius 2 is 1.57 bits per heavy atom. The first-order chi connectivity index (χ1) is 12.8. The van der Waals surface area contributed by atoms with Gasteiger partial charge in [-0.15, -0.1) is 0 Å². The summed E-state index contributed by atoms with van der Waals surface area (Å²) < 4.78 is 77.3. The molecule has 0 spiro atoms. The predicted octanol–water partition coefficient (Wildman–Crippen LogP) is 2.24. The van der Waals surface area contributed by atoms with Gasteiger partial charge in [-0.05, 0) is 18.4 Å². The lowest BCUT2D eigenvalue weighted by Crippen LogP contribution is -2.53. The number of nitrogens with zero attached hydrogens (tertiary/aromatic N) is 2. The summed E-state index contributed by atoms with van der Waals surface area (Å²) in [6.45, 7) is 1.30. The molecule has 28 heavy (non-hydrogen) atoms. The number of piperidine rings is 1. The molecule has 11 heteroatoms. The van der Waals surface area contributed by atoms with Gasteiger partial charge in [0.2, 0.25) is 0 Å². The molecule has 0 atom stereocenters. The van der Waals surface area contributed by atoms with Crippen LogP contribution in [0.15, 0.2) is 24.3 Å². The number of carbonyl (C=O) groups is 1. The van der Waals surface area contributed by atoms with Gasteiger partial charge in [0.05, 0.1) is 0 Å². The summed E-state index contributed by atoms with van der Waals surface area (Å²) in [4.78, 5) is 13.9. The zero-order chi connectivity index (χ0) is 21.3. The van der Waals surface area contributed by atoms with Gasteiger partial charge in [0.25, 0.3) is 5.60 Å². The van der Waals surface area contributed by atoms with E-state index in [1.165, 1.54) is 7.05 Å². The highest BCUT2D eigenvalue weighted by Gasteiger charge is 2.71. The molecule has 1 heterocycles. The lowest BCUT2D eigenvalue weighted by atomic mass is 9.91. The lowest BCUT2D eigenvalue weighted by Gasteiger charge is -2.38. The van der Waals surface area contributed by atoms with Crippen molar-refractivity contribution in [2.75, 3.05) is 20.1 Å². The minimum Gasteiger partial charge on any atom is -0.530 e. The summed E-state index contributed by atoms with van der Waals surface area (Å²) >= 11 is 0.